The van der Waals surface area contributed by atoms with Gasteiger partial charge in [-0.2, -0.15) is 0 Å². The number of carboxylic acid groups (broad SMARTS) is 1. The number of hydrogen-bond acceptors (Lipinski definition) is 3. The summed E-state index contributed by atoms with van der Waals surface area (Å²) < 4.78 is 0.664. The monoisotopic (exact) mass is 318 g/mol. The SMILES string of the molecule is CCC(C)[C@H](NC(=O)N(C)Cc1ccc(Cl)s1)C(=O)O. The van der Waals surface area contributed by atoms with E-state index in [4.69, 9.17) is 16.7 Å². The first kappa shape index (κ1) is 16.8. The van der Waals surface area contributed by atoms with E-state index in [0.717, 1.165) is 4.88 Å². The fraction of sp³-hybridized carbons (Fsp3) is 0.538. The second-order valence-corrected chi connectivity index (χ2v) is 6.51. The molecule has 0 aromatic carbocycles. The van der Waals surface area contributed by atoms with Gasteiger partial charge in [-0.15, -0.1) is 11.3 Å². The molecule has 20 heavy (non-hydrogen) atoms. The third kappa shape index (κ3) is 4.68. The van der Waals surface area contributed by atoms with Crippen LogP contribution >= 0.6 is 22.9 Å². The predicted octanol–water partition coefficient (Wildman–Crippen LogP) is 3.04. The number of carbonyl (C=O) groups is 2. The van der Waals surface area contributed by atoms with E-state index < -0.39 is 18.0 Å². The maximum atomic E-state index is 12.0. The Morgan fingerprint density at radius 2 is 2.15 bits per heavy atom. The van der Waals surface area contributed by atoms with Gasteiger partial charge in [-0.3, -0.25) is 0 Å². The van der Waals surface area contributed by atoms with Crippen molar-refractivity contribution in [2.24, 2.45) is 5.92 Å². The quantitative estimate of drug-likeness (QED) is 0.847. The molecule has 1 aromatic heterocycles. The lowest BCUT2D eigenvalue weighted by molar-refractivity contribution is -0.140. The highest BCUT2D eigenvalue weighted by atomic mass is 35.5. The van der Waals surface area contributed by atoms with E-state index in [1.807, 2.05) is 13.0 Å². The van der Waals surface area contributed by atoms with Crippen molar-refractivity contribution in [3.05, 3.63) is 21.3 Å². The number of aliphatic carboxylic acids is 1. The molecule has 0 saturated heterocycles. The lowest BCUT2D eigenvalue weighted by atomic mass is 9.99. The lowest BCUT2D eigenvalue weighted by Gasteiger charge is -2.24. The van der Waals surface area contributed by atoms with Gasteiger partial charge in [0.25, 0.3) is 0 Å². The summed E-state index contributed by atoms with van der Waals surface area (Å²) >= 11 is 7.23. The number of amides is 2. The molecule has 7 heteroatoms. The lowest BCUT2D eigenvalue weighted by Crippen LogP contribution is -2.49. The van der Waals surface area contributed by atoms with Crippen molar-refractivity contribution in [3.8, 4) is 0 Å². The van der Waals surface area contributed by atoms with Gasteiger partial charge in [0.2, 0.25) is 0 Å². The average Bonchev–Trinajstić information content (AvgIpc) is 2.79. The molecule has 1 aromatic rings. The Morgan fingerprint density at radius 1 is 1.50 bits per heavy atom. The number of nitrogens with one attached hydrogen (secondary N) is 1. The number of carbonyl (C=O) groups excluding carboxylic acids is 1. The number of carboxylic acids is 1. The summed E-state index contributed by atoms with van der Waals surface area (Å²) in [5, 5.41) is 11.7. The van der Waals surface area contributed by atoms with Crippen LogP contribution in [-0.4, -0.2) is 35.1 Å². The third-order valence-electron chi connectivity index (χ3n) is 3.13. The topological polar surface area (TPSA) is 69.6 Å². The molecule has 0 aliphatic heterocycles. The van der Waals surface area contributed by atoms with Gasteiger partial charge < -0.3 is 15.3 Å². The molecule has 0 saturated carbocycles. The zero-order chi connectivity index (χ0) is 15.3. The first-order chi connectivity index (χ1) is 9.35. The standard InChI is InChI=1S/C13H19ClN2O3S/c1-4-8(2)11(12(17)18)15-13(19)16(3)7-9-5-6-10(14)20-9/h5-6,8,11H,4,7H2,1-3H3,(H,15,19)(H,17,18)/t8?,11-/m0/s1. The molecule has 2 N–H and O–H groups in total. The van der Waals surface area contributed by atoms with Crippen molar-refractivity contribution in [1.29, 1.82) is 0 Å². The summed E-state index contributed by atoms with van der Waals surface area (Å²) in [6, 6.07) is 2.34. The molecule has 0 spiro atoms. The normalized spacial score (nSPS) is 13.6. The van der Waals surface area contributed by atoms with Crippen LogP contribution in [0.4, 0.5) is 4.79 Å². The van der Waals surface area contributed by atoms with Gasteiger partial charge in [0.05, 0.1) is 10.9 Å². The Hall–Kier alpha value is -1.27. The van der Waals surface area contributed by atoms with Gasteiger partial charge in [0, 0.05) is 11.9 Å². The Labute approximate surface area is 127 Å². The molecule has 0 radical (unpaired) electrons. The predicted molar refractivity (Wildman–Crippen MR) is 80.2 cm³/mol. The summed E-state index contributed by atoms with van der Waals surface area (Å²) in [7, 11) is 1.62. The zero-order valence-electron chi connectivity index (χ0n) is 11.7. The zero-order valence-corrected chi connectivity index (χ0v) is 13.3. The Kier molecular flexibility index (Phi) is 6.29. The average molecular weight is 319 g/mol. The number of urea groups is 1. The second kappa shape index (κ2) is 7.50. The van der Waals surface area contributed by atoms with E-state index in [0.29, 0.717) is 17.3 Å². The minimum absolute atomic E-state index is 0.124. The van der Waals surface area contributed by atoms with Gasteiger partial charge in [0.15, 0.2) is 0 Å². The van der Waals surface area contributed by atoms with Crippen LogP contribution in [0.25, 0.3) is 0 Å². The number of halogens is 1. The van der Waals surface area contributed by atoms with Crippen LogP contribution in [-0.2, 0) is 11.3 Å². The minimum Gasteiger partial charge on any atom is -0.480 e. The Morgan fingerprint density at radius 3 is 2.60 bits per heavy atom. The number of hydrogen-bond donors (Lipinski definition) is 2. The first-order valence-electron chi connectivity index (χ1n) is 6.33. The van der Waals surface area contributed by atoms with Crippen molar-refractivity contribution >= 4 is 34.9 Å². The van der Waals surface area contributed by atoms with E-state index in [1.165, 1.54) is 16.2 Å². The summed E-state index contributed by atoms with van der Waals surface area (Å²) in [5.74, 6) is -1.14. The minimum atomic E-state index is -1.01. The number of rotatable bonds is 6. The van der Waals surface area contributed by atoms with E-state index in [1.54, 1.807) is 20.0 Å². The second-order valence-electron chi connectivity index (χ2n) is 4.71. The van der Waals surface area contributed by atoms with E-state index in [-0.39, 0.29) is 5.92 Å². The largest absolute Gasteiger partial charge is 0.480 e. The number of nitrogens with zero attached hydrogens (tertiary/aromatic N) is 1. The number of thiophene rings is 1. The van der Waals surface area contributed by atoms with E-state index >= 15 is 0 Å². The maximum absolute atomic E-state index is 12.0. The molecule has 5 nitrogen and oxygen atoms in total. The molecule has 0 bridgehead atoms. The van der Waals surface area contributed by atoms with Crippen LogP contribution in [0.3, 0.4) is 0 Å². The highest BCUT2D eigenvalue weighted by Crippen LogP contribution is 2.22. The van der Waals surface area contributed by atoms with Crippen molar-refractivity contribution < 1.29 is 14.7 Å². The summed E-state index contributed by atoms with van der Waals surface area (Å²) in [6.45, 7) is 4.10. The van der Waals surface area contributed by atoms with Crippen molar-refractivity contribution in [3.63, 3.8) is 0 Å². The van der Waals surface area contributed by atoms with Crippen LogP contribution in [0.5, 0.6) is 0 Å². The van der Waals surface area contributed by atoms with Gasteiger partial charge in [0.1, 0.15) is 6.04 Å². The molecule has 112 valence electrons. The summed E-state index contributed by atoms with van der Waals surface area (Å²) in [6.07, 6.45) is 0.682. The fourth-order valence-corrected chi connectivity index (χ4v) is 2.81. The smallest absolute Gasteiger partial charge is 0.326 e. The summed E-state index contributed by atoms with van der Waals surface area (Å²) in [4.78, 5) is 25.6. The molecule has 0 aliphatic carbocycles. The maximum Gasteiger partial charge on any atom is 0.326 e. The Balaban J connectivity index is 2.61. The molecular formula is C13H19ClN2O3S. The third-order valence-corrected chi connectivity index (χ3v) is 4.34. The van der Waals surface area contributed by atoms with Crippen LogP contribution in [0.15, 0.2) is 12.1 Å². The molecule has 1 rings (SSSR count). The van der Waals surface area contributed by atoms with Crippen LogP contribution in [0.2, 0.25) is 4.34 Å². The van der Waals surface area contributed by atoms with Crippen molar-refractivity contribution in [2.45, 2.75) is 32.9 Å². The molecule has 0 aliphatic rings. The molecule has 2 atom stereocenters. The van der Waals surface area contributed by atoms with Crippen molar-refractivity contribution in [1.82, 2.24) is 10.2 Å². The fourth-order valence-electron chi connectivity index (χ4n) is 1.67. The van der Waals surface area contributed by atoms with Gasteiger partial charge in [-0.1, -0.05) is 31.9 Å². The Bertz CT molecular complexity index is 478. The molecule has 1 heterocycles. The van der Waals surface area contributed by atoms with Crippen LogP contribution < -0.4 is 5.32 Å². The summed E-state index contributed by atoms with van der Waals surface area (Å²) in [5.41, 5.74) is 0. The van der Waals surface area contributed by atoms with Gasteiger partial charge in [-0.25, -0.2) is 9.59 Å². The first-order valence-corrected chi connectivity index (χ1v) is 7.53. The molecule has 0 fully saturated rings. The van der Waals surface area contributed by atoms with Crippen LogP contribution in [0, 0.1) is 5.92 Å². The van der Waals surface area contributed by atoms with Crippen LogP contribution in [0.1, 0.15) is 25.1 Å². The van der Waals surface area contributed by atoms with E-state index in [2.05, 4.69) is 5.32 Å². The highest BCUT2D eigenvalue weighted by Gasteiger charge is 2.26. The molecule has 1 unspecified atom stereocenters. The highest BCUT2D eigenvalue weighted by molar-refractivity contribution is 7.16. The van der Waals surface area contributed by atoms with Gasteiger partial charge in [-0.05, 0) is 18.1 Å². The van der Waals surface area contributed by atoms with E-state index in [9.17, 15) is 9.59 Å². The molecule has 2 amide bonds. The molecular weight excluding hydrogens is 300 g/mol. The van der Waals surface area contributed by atoms with Crippen molar-refractivity contribution in [2.75, 3.05) is 7.05 Å². The van der Waals surface area contributed by atoms with Gasteiger partial charge >= 0.3 is 12.0 Å².